The van der Waals surface area contributed by atoms with E-state index in [0.717, 1.165) is 38.3 Å². The lowest BCUT2D eigenvalue weighted by Gasteiger charge is -2.35. The average Bonchev–Trinajstić information content (AvgIpc) is 2.74. The summed E-state index contributed by atoms with van der Waals surface area (Å²) in [6, 6.07) is 16.7. The van der Waals surface area contributed by atoms with Crippen LogP contribution in [0.15, 0.2) is 54.6 Å². The normalized spacial score (nSPS) is 16.3. The molecule has 154 valence electrons. The second-order valence-electron chi connectivity index (χ2n) is 7.56. The van der Waals surface area contributed by atoms with Crippen LogP contribution in [0.1, 0.15) is 34.8 Å². The van der Waals surface area contributed by atoms with Crippen LogP contribution in [0.4, 0.5) is 0 Å². The SMILES string of the molecule is CN1CCN(CC(NC(=O)CCC(=O)c2ccc(Cl)cc2)c2ccccc2)CC1. The number of likely N-dealkylation sites (N-methyl/N-ethyl adjacent to an activating group) is 1. The molecule has 1 N–H and O–H groups in total. The number of nitrogens with zero attached hydrogens (tertiary/aromatic N) is 2. The molecule has 0 saturated carbocycles. The van der Waals surface area contributed by atoms with Crippen molar-refractivity contribution in [1.29, 1.82) is 0 Å². The molecule has 6 heteroatoms. The quantitative estimate of drug-likeness (QED) is 0.674. The molecule has 1 aliphatic rings. The van der Waals surface area contributed by atoms with Crippen LogP contribution < -0.4 is 5.32 Å². The monoisotopic (exact) mass is 413 g/mol. The van der Waals surface area contributed by atoms with Gasteiger partial charge in [-0.25, -0.2) is 0 Å². The minimum Gasteiger partial charge on any atom is -0.348 e. The fourth-order valence-electron chi connectivity index (χ4n) is 3.48. The van der Waals surface area contributed by atoms with E-state index in [1.54, 1.807) is 24.3 Å². The first kappa shape index (κ1) is 21.5. The summed E-state index contributed by atoms with van der Waals surface area (Å²) < 4.78 is 0. The van der Waals surface area contributed by atoms with Gasteiger partial charge in [0.05, 0.1) is 6.04 Å². The number of piperazine rings is 1. The second kappa shape index (κ2) is 10.5. The molecular weight excluding hydrogens is 386 g/mol. The van der Waals surface area contributed by atoms with Crippen molar-refractivity contribution in [3.05, 3.63) is 70.7 Å². The highest BCUT2D eigenvalue weighted by atomic mass is 35.5. The standard InChI is InChI=1S/C23H28ClN3O2/c1-26-13-15-27(16-14-26)17-21(18-5-3-2-4-6-18)25-23(29)12-11-22(28)19-7-9-20(24)10-8-19/h2-10,21H,11-17H2,1H3,(H,25,29). The van der Waals surface area contributed by atoms with Crippen LogP contribution in [0, 0.1) is 0 Å². The second-order valence-corrected chi connectivity index (χ2v) is 8.00. The van der Waals surface area contributed by atoms with Crippen molar-refractivity contribution < 1.29 is 9.59 Å². The first-order valence-electron chi connectivity index (χ1n) is 10.1. The van der Waals surface area contributed by atoms with Gasteiger partial charge in [0.15, 0.2) is 5.78 Å². The zero-order chi connectivity index (χ0) is 20.6. The number of carbonyl (C=O) groups is 2. The molecule has 5 nitrogen and oxygen atoms in total. The van der Waals surface area contributed by atoms with Crippen molar-refractivity contribution in [2.45, 2.75) is 18.9 Å². The van der Waals surface area contributed by atoms with Crippen LogP contribution in [0.5, 0.6) is 0 Å². The number of hydrogen-bond donors (Lipinski definition) is 1. The van der Waals surface area contributed by atoms with E-state index in [2.05, 4.69) is 22.2 Å². The lowest BCUT2D eigenvalue weighted by atomic mass is 10.0. The molecule has 2 aromatic carbocycles. The molecule has 1 unspecified atom stereocenters. The Kier molecular flexibility index (Phi) is 7.81. The Labute approximate surface area is 177 Å². The van der Waals surface area contributed by atoms with Gasteiger partial charge in [0.25, 0.3) is 0 Å². The third kappa shape index (κ3) is 6.67. The topological polar surface area (TPSA) is 52.6 Å². The lowest BCUT2D eigenvalue weighted by molar-refractivity contribution is -0.122. The van der Waals surface area contributed by atoms with Crippen LogP contribution in [-0.4, -0.2) is 61.3 Å². The Bertz CT molecular complexity index is 803. The third-order valence-corrected chi connectivity index (χ3v) is 5.57. The van der Waals surface area contributed by atoms with E-state index in [1.807, 2.05) is 30.3 Å². The third-order valence-electron chi connectivity index (χ3n) is 5.32. The summed E-state index contributed by atoms with van der Waals surface area (Å²) >= 11 is 5.87. The number of halogens is 1. The van der Waals surface area contributed by atoms with E-state index in [-0.39, 0.29) is 30.6 Å². The highest BCUT2D eigenvalue weighted by molar-refractivity contribution is 6.30. The summed E-state index contributed by atoms with van der Waals surface area (Å²) in [5.41, 5.74) is 1.67. The van der Waals surface area contributed by atoms with Crippen LogP contribution in [0.2, 0.25) is 5.02 Å². The summed E-state index contributed by atoms with van der Waals surface area (Å²) in [6.45, 7) is 4.82. The summed E-state index contributed by atoms with van der Waals surface area (Å²) in [4.78, 5) is 29.6. The van der Waals surface area contributed by atoms with Crippen LogP contribution >= 0.6 is 11.6 Å². The summed E-state index contributed by atoms with van der Waals surface area (Å²) in [6.07, 6.45) is 0.358. The molecule has 1 amide bonds. The Morgan fingerprint density at radius 3 is 2.28 bits per heavy atom. The molecule has 2 aromatic rings. The van der Waals surface area contributed by atoms with E-state index < -0.39 is 0 Å². The van der Waals surface area contributed by atoms with Gasteiger partial charge in [-0.15, -0.1) is 0 Å². The van der Waals surface area contributed by atoms with Gasteiger partial charge in [-0.2, -0.15) is 0 Å². The van der Waals surface area contributed by atoms with E-state index in [1.165, 1.54) is 0 Å². The van der Waals surface area contributed by atoms with Crippen LogP contribution in [-0.2, 0) is 4.79 Å². The summed E-state index contributed by atoms with van der Waals surface area (Å²) in [5.74, 6) is -0.151. The molecule has 1 fully saturated rings. The van der Waals surface area contributed by atoms with Gasteiger partial charge in [0.2, 0.25) is 5.91 Å². The Balaban J connectivity index is 1.57. The van der Waals surface area contributed by atoms with Crippen molar-refractivity contribution in [1.82, 2.24) is 15.1 Å². The minimum atomic E-state index is -0.102. The number of Topliss-reactive ketones (excluding diaryl/α,β-unsaturated/α-hetero) is 1. The maximum Gasteiger partial charge on any atom is 0.220 e. The van der Waals surface area contributed by atoms with E-state index in [0.29, 0.717) is 10.6 Å². The predicted octanol–water partition coefficient (Wildman–Crippen LogP) is 3.41. The molecule has 29 heavy (non-hydrogen) atoms. The predicted molar refractivity (Wildman–Crippen MR) is 116 cm³/mol. The van der Waals surface area contributed by atoms with Gasteiger partial charge in [0.1, 0.15) is 0 Å². The van der Waals surface area contributed by atoms with Gasteiger partial charge in [0, 0.05) is 56.2 Å². The van der Waals surface area contributed by atoms with Crippen molar-refractivity contribution in [2.75, 3.05) is 39.8 Å². The fraction of sp³-hybridized carbons (Fsp3) is 0.391. The molecule has 0 radical (unpaired) electrons. The molecule has 1 aliphatic heterocycles. The Morgan fingerprint density at radius 2 is 1.62 bits per heavy atom. The van der Waals surface area contributed by atoms with E-state index in [9.17, 15) is 9.59 Å². The van der Waals surface area contributed by atoms with Crippen molar-refractivity contribution in [2.24, 2.45) is 0 Å². The largest absolute Gasteiger partial charge is 0.348 e. The van der Waals surface area contributed by atoms with Gasteiger partial charge in [-0.3, -0.25) is 14.5 Å². The maximum atomic E-state index is 12.6. The number of rotatable bonds is 8. The number of hydrogen-bond acceptors (Lipinski definition) is 4. The number of amides is 1. The Hall–Kier alpha value is -2.21. The zero-order valence-corrected chi connectivity index (χ0v) is 17.6. The maximum absolute atomic E-state index is 12.6. The fourth-order valence-corrected chi connectivity index (χ4v) is 3.61. The molecule has 3 rings (SSSR count). The molecule has 0 aliphatic carbocycles. The summed E-state index contributed by atoms with van der Waals surface area (Å²) in [5, 5.41) is 3.73. The van der Waals surface area contributed by atoms with E-state index in [4.69, 9.17) is 11.6 Å². The summed E-state index contributed by atoms with van der Waals surface area (Å²) in [7, 11) is 2.13. The number of nitrogens with one attached hydrogen (secondary N) is 1. The molecule has 1 heterocycles. The molecule has 1 atom stereocenters. The van der Waals surface area contributed by atoms with Gasteiger partial charge < -0.3 is 10.2 Å². The van der Waals surface area contributed by atoms with Crippen molar-refractivity contribution >= 4 is 23.3 Å². The molecule has 0 bridgehead atoms. The van der Waals surface area contributed by atoms with Crippen molar-refractivity contribution in [3.63, 3.8) is 0 Å². The van der Waals surface area contributed by atoms with Crippen LogP contribution in [0.3, 0.4) is 0 Å². The Morgan fingerprint density at radius 1 is 0.966 bits per heavy atom. The first-order valence-corrected chi connectivity index (χ1v) is 10.4. The molecular formula is C23H28ClN3O2. The van der Waals surface area contributed by atoms with Gasteiger partial charge in [-0.05, 0) is 36.9 Å². The average molecular weight is 414 g/mol. The number of benzene rings is 2. The zero-order valence-electron chi connectivity index (χ0n) is 16.8. The van der Waals surface area contributed by atoms with Gasteiger partial charge in [-0.1, -0.05) is 41.9 Å². The highest BCUT2D eigenvalue weighted by Gasteiger charge is 2.21. The lowest BCUT2D eigenvalue weighted by Crippen LogP contribution is -2.47. The highest BCUT2D eigenvalue weighted by Crippen LogP contribution is 2.17. The molecule has 0 spiro atoms. The molecule has 0 aromatic heterocycles. The first-order chi connectivity index (χ1) is 14.0. The number of ketones is 1. The van der Waals surface area contributed by atoms with E-state index >= 15 is 0 Å². The van der Waals surface area contributed by atoms with Crippen molar-refractivity contribution in [3.8, 4) is 0 Å². The minimum absolute atomic E-state index is 0.0489. The van der Waals surface area contributed by atoms with Gasteiger partial charge >= 0.3 is 0 Å². The van der Waals surface area contributed by atoms with Crippen LogP contribution in [0.25, 0.3) is 0 Å². The number of carbonyl (C=O) groups excluding carboxylic acids is 2. The smallest absolute Gasteiger partial charge is 0.220 e. The molecule has 1 saturated heterocycles.